The first-order valence-electron chi connectivity index (χ1n) is 9.85. The summed E-state index contributed by atoms with van der Waals surface area (Å²) < 4.78 is 29.4. The molecule has 0 atom stereocenters. The highest BCUT2D eigenvalue weighted by molar-refractivity contribution is 7.90. The number of benzene rings is 3. The van der Waals surface area contributed by atoms with Gasteiger partial charge in [0, 0.05) is 17.2 Å². The summed E-state index contributed by atoms with van der Waals surface area (Å²) in [6.07, 6.45) is 1.12. The van der Waals surface area contributed by atoms with Crippen LogP contribution in [0.2, 0.25) is 5.02 Å². The molecule has 6 nitrogen and oxygen atoms in total. The fourth-order valence-corrected chi connectivity index (χ4v) is 4.66. The van der Waals surface area contributed by atoms with Gasteiger partial charge in [0.25, 0.3) is 0 Å². The molecule has 1 amide bonds. The van der Waals surface area contributed by atoms with Gasteiger partial charge in [-0.05, 0) is 42.5 Å². The van der Waals surface area contributed by atoms with Crippen LogP contribution < -0.4 is 10.1 Å². The molecule has 0 saturated carbocycles. The molecular formula is C24H19ClN2O4S2. The van der Waals surface area contributed by atoms with Crippen molar-refractivity contribution >= 4 is 44.4 Å². The maximum absolute atomic E-state index is 12.5. The number of hydrogen-bond acceptors (Lipinski definition) is 6. The molecule has 4 rings (SSSR count). The number of ether oxygens (including phenoxy) is 1. The van der Waals surface area contributed by atoms with Gasteiger partial charge in [-0.25, -0.2) is 13.4 Å². The Bertz CT molecular complexity index is 1400. The van der Waals surface area contributed by atoms with Crippen molar-refractivity contribution in [3.05, 3.63) is 88.9 Å². The number of halogens is 1. The van der Waals surface area contributed by atoms with Crippen LogP contribution in [-0.4, -0.2) is 25.6 Å². The van der Waals surface area contributed by atoms with Crippen molar-refractivity contribution in [2.24, 2.45) is 0 Å². The van der Waals surface area contributed by atoms with E-state index in [9.17, 15) is 13.2 Å². The number of carbonyl (C=O) groups is 1. The minimum Gasteiger partial charge on any atom is -0.457 e. The number of anilines is 1. The lowest BCUT2D eigenvalue weighted by molar-refractivity contribution is -0.115. The lowest BCUT2D eigenvalue weighted by atomic mass is 10.2. The van der Waals surface area contributed by atoms with Crippen LogP contribution >= 0.6 is 22.9 Å². The zero-order chi connectivity index (χ0) is 23.4. The summed E-state index contributed by atoms with van der Waals surface area (Å²) in [5, 5.41) is 5.49. The molecule has 1 aromatic heterocycles. The third kappa shape index (κ3) is 5.98. The van der Waals surface area contributed by atoms with Crippen LogP contribution in [0.1, 0.15) is 5.69 Å². The van der Waals surface area contributed by atoms with Gasteiger partial charge in [-0.3, -0.25) is 4.79 Å². The van der Waals surface area contributed by atoms with E-state index in [1.807, 2.05) is 60.0 Å². The standard InChI is InChI=1S/C24H19ClN2O4S2/c1-33(29,30)20-10-11-21(25)22(14-20)27-23(28)13-17-15-32-24(26-17)16-6-5-9-19(12-16)31-18-7-3-2-4-8-18/h2-12,14-15H,13H2,1H3,(H,27,28). The second kappa shape index (κ2) is 9.74. The minimum absolute atomic E-state index is 0.0239. The van der Waals surface area contributed by atoms with E-state index in [1.54, 1.807) is 0 Å². The zero-order valence-electron chi connectivity index (χ0n) is 17.5. The third-order valence-electron chi connectivity index (χ3n) is 4.59. The molecule has 0 bridgehead atoms. The predicted molar refractivity (Wildman–Crippen MR) is 131 cm³/mol. The van der Waals surface area contributed by atoms with Crippen molar-refractivity contribution in [2.75, 3.05) is 11.6 Å². The average molecular weight is 499 g/mol. The van der Waals surface area contributed by atoms with Crippen LogP contribution in [0.15, 0.2) is 83.1 Å². The van der Waals surface area contributed by atoms with E-state index in [2.05, 4.69) is 10.3 Å². The van der Waals surface area contributed by atoms with Crippen molar-refractivity contribution in [1.29, 1.82) is 0 Å². The van der Waals surface area contributed by atoms with Crippen molar-refractivity contribution in [1.82, 2.24) is 4.98 Å². The van der Waals surface area contributed by atoms with E-state index in [0.29, 0.717) is 11.4 Å². The first-order chi connectivity index (χ1) is 15.8. The largest absolute Gasteiger partial charge is 0.457 e. The summed E-state index contributed by atoms with van der Waals surface area (Å²) in [6.45, 7) is 0. The lowest BCUT2D eigenvalue weighted by Gasteiger charge is -2.08. The summed E-state index contributed by atoms with van der Waals surface area (Å²) in [4.78, 5) is 17.2. The SMILES string of the molecule is CS(=O)(=O)c1ccc(Cl)c(NC(=O)Cc2csc(-c3cccc(Oc4ccccc4)c3)n2)c1. The Hall–Kier alpha value is -3.20. The number of thiazole rings is 1. The summed E-state index contributed by atoms with van der Waals surface area (Å²) in [6, 6.07) is 21.3. The van der Waals surface area contributed by atoms with Crippen molar-refractivity contribution < 1.29 is 17.9 Å². The summed E-state index contributed by atoms with van der Waals surface area (Å²) in [5.41, 5.74) is 1.71. The minimum atomic E-state index is -3.42. The summed E-state index contributed by atoms with van der Waals surface area (Å²) >= 11 is 7.54. The molecule has 3 aromatic carbocycles. The van der Waals surface area contributed by atoms with E-state index >= 15 is 0 Å². The molecule has 0 unspecified atom stereocenters. The molecule has 0 aliphatic heterocycles. The van der Waals surface area contributed by atoms with E-state index in [1.165, 1.54) is 29.5 Å². The molecular weight excluding hydrogens is 480 g/mol. The first kappa shape index (κ1) is 23.0. The van der Waals surface area contributed by atoms with Crippen molar-refractivity contribution in [2.45, 2.75) is 11.3 Å². The van der Waals surface area contributed by atoms with Crippen molar-refractivity contribution in [3.8, 4) is 22.1 Å². The zero-order valence-corrected chi connectivity index (χ0v) is 19.9. The molecule has 1 N–H and O–H groups in total. The van der Waals surface area contributed by atoms with Crippen LogP contribution in [0.3, 0.4) is 0 Å². The Morgan fingerprint density at radius 2 is 1.79 bits per heavy atom. The second-order valence-electron chi connectivity index (χ2n) is 7.23. The number of rotatable bonds is 7. The first-order valence-corrected chi connectivity index (χ1v) is 13.0. The Balaban J connectivity index is 1.45. The van der Waals surface area contributed by atoms with Crippen LogP contribution in [-0.2, 0) is 21.1 Å². The molecule has 4 aromatic rings. The van der Waals surface area contributed by atoms with Gasteiger partial charge in [-0.2, -0.15) is 0 Å². The summed E-state index contributed by atoms with van der Waals surface area (Å²) in [5.74, 6) is 1.08. The number of sulfone groups is 1. The number of amides is 1. The molecule has 33 heavy (non-hydrogen) atoms. The fourth-order valence-electron chi connectivity index (χ4n) is 3.03. The van der Waals surface area contributed by atoms with Gasteiger partial charge < -0.3 is 10.1 Å². The fraction of sp³-hybridized carbons (Fsp3) is 0.0833. The van der Waals surface area contributed by atoms with Gasteiger partial charge in [-0.1, -0.05) is 41.9 Å². The van der Waals surface area contributed by atoms with Gasteiger partial charge in [-0.15, -0.1) is 11.3 Å². The summed E-state index contributed by atoms with van der Waals surface area (Å²) in [7, 11) is -3.42. The van der Waals surface area contributed by atoms with Gasteiger partial charge >= 0.3 is 0 Å². The van der Waals surface area contributed by atoms with Crippen molar-refractivity contribution in [3.63, 3.8) is 0 Å². The molecule has 0 aliphatic rings. The quantitative estimate of drug-likeness (QED) is 0.346. The van der Waals surface area contributed by atoms with Crippen LogP contribution in [0.4, 0.5) is 5.69 Å². The van der Waals surface area contributed by atoms with E-state index < -0.39 is 9.84 Å². The van der Waals surface area contributed by atoms with Crippen LogP contribution in [0, 0.1) is 0 Å². The highest BCUT2D eigenvalue weighted by Gasteiger charge is 2.14. The maximum Gasteiger partial charge on any atom is 0.230 e. The van der Waals surface area contributed by atoms with Gasteiger partial charge in [0.15, 0.2) is 9.84 Å². The molecule has 1 heterocycles. The Kier molecular flexibility index (Phi) is 6.78. The van der Waals surface area contributed by atoms with E-state index in [0.717, 1.165) is 22.6 Å². The number of hydrogen-bond donors (Lipinski definition) is 1. The normalized spacial score (nSPS) is 11.2. The van der Waals surface area contributed by atoms with Gasteiger partial charge in [0.1, 0.15) is 16.5 Å². The monoisotopic (exact) mass is 498 g/mol. The number of carbonyl (C=O) groups excluding carboxylic acids is 1. The smallest absolute Gasteiger partial charge is 0.230 e. The Labute approximate surface area is 200 Å². The number of para-hydroxylation sites is 1. The maximum atomic E-state index is 12.5. The molecule has 0 fully saturated rings. The van der Waals surface area contributed by atoms with Crippen LogP contribution in [0.25, 0.3) is 10.6 Å². The number of nitrogens with zero attached hydrogens (tertiary/aromatic N) is 1. The van der Waals surface area contributed by atoms with Crippen LogP contribution in [0.5, 0.6) is 11.5 Å². The van der Waals surface area contributed by atoms with E-state index in [4.69, 9.17) is 16.3 Å². The Morgan fingerprint density at radius 1 is 1.03 bits per heavy atom. The molecule has 0 radical (unpaired) electrons. The molecule has 0 saturated heterocycles. The highest BCUT2D eigenvalue weighted by atomic mass is 35.5. The average Bonchev–Trinajstić information content (AvgIpc) is 3.24. The molecule has 0 aliphatic carbocycles. The third-order valence-corrected chi connectivity index (χ3v) is 6.97. The van der Waals surface area contributed by atoms with Gasteiger partial charge in [0.05, 0.1) is 27.7 Å². The Morgan fingerprint density at radius 3 is 2.55 bits per heavy atom. The number of nitrogens with one attached hydrogen (secondary N) is 1. The lowest BCUT2D eigenvalue weighted by Crippen LogP contribution is -2.15. The van der Waals surface area contributed by atoms with Gasteiger partial charge in [0.2, 0.25) is 5.91 Å². The molecule has 9 heteroatoms. The number of aromatic nitrogens is 1. The highest BCUT2D eigenvalue weighted by Crippen LogP contribution is 2.30. The topological polar surface area (TPSA) is 85.4 Å². The molecule has 0 spiro atoms. The second-order valence-corrected chi connectivity index (χ2v) is 10.5. The predicted octanol–water partition coefficient (Wildman–Crippen LogP) is 5.84. The molecule has 168 valence electrons. The van der Waals surface area contributed by atoms with E-state index in [-0.39, 0.29) is 27.9 Å².